The van der Waals surface area contributed by atoms with Crippen LogP contribution in [-0.2, 0) is 15.1 Å². The topological polar surface area (TPSA) is 97.0 Å². The maximum Gasteiger partial charge on any atom is 0.325 e. The average Bonchev–Trinajstić information content (AvgIpc) is 3.56. The zero-order valence-electron chi connectivity index (χ0n) is 18.7. The van der Waals surface area contributed by atoms with Gasteiger partial charge in [0.15, 0.2) is 11.5 Å². The van der Waals surface area contributed by atoms with Crippen molar-refractivity contribution in [2.24, 2.45) is 0 Å². The number of amides is 4. The van der Waals surface area contributed by atoms with Crippen LogP contribution in [0.15, 0.2) is 60.0 Å². The van der Waals surface area contributed by atoms with E-state index >= 15 is 0 Å². The summed E-state index contributed by atoms with van der Waals surface area (Å²) in [6.07, 6.45) is 0. The van der Waals surface area contributed by atoms with Gasteiger partial charge in [-0.25, -0.2) is 4.79 Å². The van der Waals surface area contributed by atoms with Crippen molar-refractivity contribution in [1.29, 1.82) is 0 Å². The second-order valence-corrected chi connectivity index (χ2v) is 9.42. The number of fused-ring (bicyclic) bond motifs is 1. The molecule has 0 saturated carbocycles. The normalized spacial score (nSPS) is 19.8. The molecule has 0 bridgehead atoms. The van der Waals surface area contributed by atoms with Gasteiger partial charge in [0.25, 0.3) is 5.91 Å². The number of carbonyl (C=O) groups is 3. The third-order valence-corrected chi connectivity index (χ3v) is 7.01. The smallest absolute Gasteiger partial charge is 0.325 e. The second-order valence-electron chi connectivity index (χ2n) is 8.44. The number of benzene rings is 2. The lowest BCUT2D eigenvalue weighted by atomic mass is 9.91. The maximum atomic E-state index is 13.3. The third-order valence-electron chi connectivity index (χ3n) is 6.07. The number of thiophene rings is 1. The van der Waals surface area contributed by atoms with E-state index in [1.165, 1.54) is 11.3 Å². The highest BCUT2D eigenvalue weighted by molar-refractivity contribution is 7.10. The van der Waals surface area contributed by atoms with E-state index in [4.69, 9.17) is 9.47 Å². The van der Waals surface area contributed by atoms with Crippen molar-refractivity contribution in [3.8, 4) is 11.5 Å². The fourth-order valence-electron chi connectivity index (χ4n) is 4.13. The van der Waals surface area contributed by atoms with Crippen molar-refractivity contribution >= 4 is 29.2 Å². The highest BCUT2D eigenvalue weighted by Crippen LogP contribution is 2.38. The summed E-state index contributed by atoms with van der Waals surface area (Å²) < 4.78 is 10.7. The summed E-state index contributed by atoms with van der Waals surface area (Å²) in [5.74, 6) is 0.150. The van der Waals surface area contributed by atoms with Gasteiger partial charge in [0.05, 0.1) is 6.04 Å². The molecule has 174 valence electrons. The van der Waals surface area contributed by atoms with Crippen LogP contribution in [-0.4, -0.2) is 36.1 Å². The van der Waals surface area contributed by atoms with Gasteiger partial charge in [0.2, 0.25) is 12.7 Å². The van der Waals surface area contributed by atoms with Crippen molar-refractivity contribution in [2.45, 2.75) is 25.4 Å². The van der Waals surface area contributed by atoms with Crippen LogP contribution in [0.2, 0.25) is 0 Å². The van der Waals surface area contributed by atoms with Crippen LogP contribution in [0.25, 0.3) is 0 Å². The molecule has 0 spiro atoms. The van der Waals surface area contributed by atoms with Crippen LogP contribution in [0.3, 0.4) is 0 Å². The number of hydrogen-bond donors (Lipinski definition) is 2. The Balaban J connectivity index is 1.34. The van der Waals surface area contributed by atoms with Crippen LogP contribution >= 0.6 is 11.3 Å². The molecule has 2 aliphatic rings. The molecule has 0 radical (unpaired) electrons. The van der Waals surface area contributed by atoms with Crippen LogP contribution < -0.4 is 20.1 Å². The first-order valence-electron chi connectivity index (χ1n) is 10.8. The molecule has 5 rings (SSSR count). The molecule has 2 aliphatic heterocycles. The molecule has 34 heavy (non-hydrogen) atoms. The number of aryl methyl sites for hydroxylation is 1. The first-order valence-corrected chi connectivity index (χ1v) is 11.7. The molecule has 2 atom stereocenters. The SMILES string of the molecule is Cc1ccc([C@@H](NC(=O)CN2C(=O)N[C@](C)(c3ccc4c(c3)OCO4)C2=O)c2cccs2)cc1. The average molecular weight is 478 g/mol. The number of imide groups is 1. The Hall–Kier alpha value is -3.85. The fraction of sp³-hybridized carbons (Fsp3) is 0.240. The molecule has 0 aliphatic carbocycles. The Bertz CT molecular complexity index is 1260. The minimum Gasteiger partial charge on any atom is -0.454 e. The van der Waals surface area contributed by atoms with Gasteiger partial charge in [-0.3, -0.25) is 14.5 Å². The predicted octanol–water partition coefficient (Wildman–Crippen LogP) is 3.46. The number of nitrogens with one attached hydrogen (secondary N) is 2. The fourth-order valence-corrected chi connectivity index (χ4v) is 4.93. The molecule has 2 N–H and O–H groups in total. The molecule has 3 heterocycles. The molecule has 1 fully saturated rings. The summed E-state index contributed by atoms with van der Waals surface area (Å²) in [6.45, 7) is 3.33. The number of urea groups is 1. The minimum absolute atomic E-state index is 0.106. The molecule has 2 aromatic carbocycles. The van der Waals surface area contributed by atoms with Gasteiger partial charge in [0.1, 0.15) is 12.1 Å². The van der Waals surface area contributed by atoms with Gasteiger partial charge < -0.3 is 20.1 Å². The van der Waals surface area contributed by atoms with E-state index in [1.54, 1.807) is 25.1 Å². The predicted molar refractivity (Wildman–Crippen MR) is 126 cm³/mol. The van der Waals surface area contributed by atoms with E-state index in [0.717, 1.165) is 20.9 Å². The summed E-state index contributed by atoms with van der Waals surface area (Å²) in [6, 6.07) is 15.8. The van der Waals surface area contributed by atoms with Crippen LogP contribution in [0, 0.1) is 6.92 Å². The summed E-state index contributed by atoms with van der Waals surface area (Å²) in [7, 11) is 0. The summed E-state index contributed by atoms with van der Waals surface area (Å²) in [5, 5.41) is 7.65. The molecule has 4 amide bonds. The van der Waals surface area contributed by atoms with E-state index in [-0.39, 0.29) is 12.8 Å². The van der Waals surface area contributed by atoms with E-state index in [0.29, 0.717) is 17.1 Å². The first kappa shape index (κ1) is 22.0. The lowest BCUT2D eigenvalue weighted by molar-refractivity contribution is -0.135. The number of carbonyl (C=O) groups excluding carboxylic acids is 3. The van der Waals surface area contributed by atoms with Gasteiger partial charge in [-0.2, -0.15) is 0 Å². The zero-order valence-corrected chi connectivity index (χ0v) is 19.5. The standard InChI is InChI=1S/C25H23N3O5S/c1-15-5-7-16(8-6-15)22(20-4-3-11-34-20)26-21(29)13-28-23(30)25(2,27-24(28)31)17-9-10-18-19(12-17)33-14-32-18/h3-12,22H,13-14H2,1-2H3,(H,26,29)(H,27,31)/t22-,25-/m1/s1. The Morgan fingerprint density at radius 1 is 1.15 bits per heavy atom. The molecular formula is C25H23N3O5S. The number of nitrogens with zero attached hydrogens (tertiary/aromatic N) is 1. The maximum absolute atomic E-state index is 13.3. The molecule has 0 unspecified atom stereocenters. The van der Waals surface area contributed by atoms with Gasteiger partial charge in [-0.15, -0.1) is 11.3 Å². The quantitative estimate of drug-likeness (QED) is 0.530. The monoisotopic (exact) mass is 477 g/mol. The number of ether oxygens (including phenoxy) is 2. The van der Waals surface area contributed by atoms with Gasteiger partial charge in [-0.1, -0.05) is 42.0 Å². The molecular weight excluding hydrogens is 454 g/mol. The first-order chi connectivity index (χ1) is 16.3. The van der Waals surface area contributed by atoms with Crippen molar-refractivity contribution in [3.05, 3.63) is 81.5 Å². The largest absolute Gasteiger partial charge is 0.454 e. The van der Waals surface area contributed by atoms with Crippen LogP contribution in [0.4, 0.5) is 4.79 Å². The Kier molecular flexibility index (Phi) is 5.49. The van der Waals surface area contributed by atoms with Gasteiger partial charge in [0, 0.05) is 4.88 Å². The van der Waals surface area contributed by atoms with Crippen molar-refractivity contribution in [3.63, 3.8) is 0 Å². The molecule has 8 nitrogen and oxygen atoms in total. The second kappa shape index (κ2) is 8.49. The molecule has 3 aromatic rings. The number of rotatable bonds is 6. The van der Waals surface area contributed by atoms with Crippen LogP contribution in [0.1, 0.15) is 34.5 Å². The van der Waals surface area contributed by atoms with Crippen molar-refractivity contribution < 1.29 is 23.9 Å². The minimum atomic E-state index is -1.32. The number of hydrogen-bond acceptors (Lipinski definition) is 6. The Labute approximate surface area is 200 Å². The zero-order chi connectivity index (χ0) is 23.9. The van der Waals surface area contributed by atoms with Crippen molar-refractivity contribution in [1.82, 2.24) is 15.5 Å². The Morgan fingerprint density at radius 2 is 1.91 bits per heavy atom. The van der Waals surface area contributed by atoms with Crippen molar-refractivity contribution in [2.75, 3.05) is 13.3 Å². The van der Waals surface area contributed by atoms with E-state index < -0.39 is 29.9 Å². The Morgan fingerprint density at radius 3 is 2.65 bits per heavy atom. The summed E-state index contributed by atoms with van der Waals surface area (Å²) in [5.41, 5.74) is 1.27. The molecule has 9 heteroatoms. The van der Waals surface area contributed by atoms with Crippen LogP contribution in [0.5, 0.6) is 11.5 Å². The summed E-state index contributed by atoms with van der Waals surface area (Å²) in [4.78, 5) is 40.9. The van der Waals surface area contributed by atoms with E-state index in [9.17, 15) is 14.4 Å². The van der Waals surface area contributed by atoms with E-state index in [1.807, 2.05) is 48.7 Å². The summed E-state index contributed by atoms with van der Waals surface area (Å²) >= 11 is 1.53. The van der Waals surface area contributed by atoms with Gasteiger partial charge >= 0.3 is 6.03 Å². The highest BCUT2D eigenvalue weighted by Gasteiger charge is 2.50. The third kappa shape index (κ3) is 3.88. The molecule has 1 saturated heterocycles. The van der Waals surface area contributed by atoms with E-state index in [2.05, 4.69) is 10.6 Å². The van der Waals surface area contributed by atoms with Gasteiger partial charge in [-0.05, 0) is 48.6 Å². The lowest BCUT2D eigenvalue weighted by Crippen LogP contribution is -2.44. The lowest BCUT2D eigenvalue weighted by Gasteiger charge is -2.23. The molecule has 1 aromatic heterocycles. The highest BCUT2D eigenvalue weighted by atomic mass is 32.1.